The van der Waals surface area contributed by atoms with E-state index in [0.717, 1.165) is 19.3 Å². The van der Waals surface area contributed by atoms with Gasteiger partial charge in [-0.05, 0) is 31.1 Å². The van der Waals surface area contributed by atoms with Crippen molar-refractivity contribution in [1.29, 1.82) is 0 Å². The molecule has 4 unspecified atom stereocenters. The van der Waals surface area contributed by atoms with E-state index < -0.39 is 10.0 Å². The van der Waals surface area contributed by atoms with Crippen LogP contribution >= 0.6 is 0 Å². The lowest BCUT2D eigenvalue weighted by atomic mass is 9.84. The fraction of sp³-hybridized carbons (Fsp3) is 0.900. The summed E-state index contributed by atoms with van der Waals surface area (Å²) >= 11 is 0. The summed E-state index contributed by atoms with van der Waals surface area (Å²) in [6.45, 7) is 0.0677. The normalized spacial score (nSPS) is 36.1. The second-order valence-corrected chi connectivity index (χ2v) is 6.83. The molecular formula is C10H19N3O3S. The van der Waals surface area contributed by atoms with Crippen molar-refractivity contribution < 1.29 is 13.2 Å². The van der Waals surface area contributed by atoms with Gasteiger partial charge in [0.25, 0.3) is 0 Å². The van der Waals surface area contributed by atoms with Crippen molar-refractivity contribution in [3.8, 4) is 0 Å². The molecule has 17 heavy (non-hydrogen) atoms. The van der Waals surface area contributed by atoms with Crippen molar-refractivity contribution in [1.82, 2.24) is 5.32 Å². The predicted molar refractivity (Wildman–Crippen MR) is 63.3 cm³/mol. The molecule has 5 N–H and O–H groups in total. The van der Waals surface area contributed by atoms with Crippen LogP contribution in [0.25, 0.3) is 0 Å². The molecule has 1 amide bonds. The van der Waals surface area contributed by atoms with Crippen LogP contribution in [0.5, 0.6) is 0 Å². The van der Waals surface area contributed by atoms with E-state index in [1.807, 2.05) is 0 Å². The number of carbonyl (C=O) groups excluding carboxylic acids is 1. The average molecular weight is 261 g/mol. The van der Waals surface area contributed by atoms with E-state index in [2.05, 4.69) is 5.32 Å². The van der Waals surface area contributed by atoms with Crippen molar-refractivity contribution in [3.63, 3.8) is 0 Å². The van der Waals surface area contributed by atoms with Crippen LogP contribution in [0.4, 0.5) is 0 Å². The maximum Gasteiger partial charge on any atom is 0.225 e. The summed E-state index contributed by atoms with van der Waals surface area (Å²) in [6.07, 6.45) is 3.22. The molecule has 98 valence electrons. The van der Waals surface area contributed by atoms with Crippen molar-refractivity contribution in [2.45, 2.75) is 25.3 Å². The van der Waals surface area contributed by atoms with Gasteiger partial charge in [-0.1, -0.05) is 0 Å². The Hall–Kier alpha value is -0.660. The summed E-state index contributed by atoms with van der Waals surface area (Å²) in [5, 5.41) is 7.48. The second kappa shape index (κ2) is 4.55. The zero-order valence-corrected chi connectivity index (χ0v) is 10.4. The third-order valence-corrected chi connectivity index (χ3v) is 4.74. The van der Waals surface area contributed by atoms with E-state index in [1.165, 1.54) is 0 Å². The number of fused-ring (bicyclic) bond motifs is 2. The molecule has 2 bridgehead atoms. The summed E-state index contributed by atoms with van der Waals surface area (Å²) in [5.74, 6) is 0.357. The smallest absolute Gasteiger partial charge is 0.225 e. The molecule has 2 aliphatic rings. The number of hydrogen-bond acceptors (Lipinski definition) is 4. The van der Waals surface area contributed by atoms with Crippen molar-refractivity contribution >= 4 is 15.9 Å². The molecule has 0 saturated heterocycles. The van der Waals surface area contributed by atoms with Gasteiger partial charge in [0.05, 0.1) is 11.7 Å². The van der Waals surface area contributed by atoms with Gasteiger partial charge in [0.2, 0.25) is 15.9 Å². The Morgan fingerprint density at radius 3 is 2.47 bits per heavy atom. The van der Waals surface area contributed by atoms with E-state index in [4.69, 9.17) is 10.9 Å². The lowest BCUT2D eigenvalue weighted by Crippen LogP contribution is -2.46. The predicted octanol–water partition coefficient (Wildman–Crippen LogP) is -1.24. The molecule has 6 nitrogen and oxygen atoms in total. The molecule has 0 aliphatic heterocycles. The zero-order valence-electron chi connectivity index (χ0n) is 9.63. The summed E-state index contributed by atoms with van der Waals surface area (Å²) < 4.78 is 21.5. The molecule has 0 aromatic heterocycles. The van der Waals surface area contributed by atoms with E-state index in [0.29, 0.717) is 11.8 Å². The minimum Gasteiger partial charge on any atom is -0.355 e. The van der Waals surface area contributed by atoms with Gasteiger partial charge in [-0.3, -0.25) is 4.79 Å². The highest BCUT2D eigenvalue weighted by Gasteiger charge is 2.48. The summed E-state index contributed by atoms with van der Waals surface area (Å²) in [5.41, 5.74) is 6.02. The number of hydrogen-bond donors (Lipinski definition) is 3. The fourth-order valence-corrected chi connectivity index (χ4v) is 3.55. The van der Waals surface area contributed by atoms with Crippen LogP contribution in [-0.2, 0) is 14.8 Å². The van der Waals surface area contributed by atoms with Crippen LogP contribution in [0.2, 0.25) is 0 Å². The Labute approximate surface area is 101 Å². The number of nitrogens with two attached hydrogens (primary N) is 2. The number of nitrogens with one attached hydrogen (secondary N) is 1. The van der Waals surface area contributed by atoms with Crippen LogP contribution in [-0.4, -0.2) is 32.7 Å². The van der Waals surface area contributed by atoms with Gasteiger partial charge in [0.15, 0.2) is 0 Å². The second-order valence-electron chi connectivity index (χ2n) is 5.09. The van der Waals surface area contributed by atoms with Crippen molar-refractivity contribution in [2.75, 3.05) is 12.3 Å². The number of amides is 1. The Bertz CT molecular complexity index is 407. The first-order chi connectivity index (χ1) is 7.88. The molecule has 0 heterocycles. The number of rotatable bonds is 4. The van der Waals surface area contributed by atoms with E-state index in [9.17, 15) is 13.2 Å². The maximum atomic E-state index is 11.9. The zero-order chi connectivity index (χ0) is 12.6. The highest BCUT2D eigenvalue weighted by molar-refractivity contribution is 7.89. The SMILES string of the molecule is NC1C2CCC(C2)C1C(=O)NCCS(N)(=O)=O. The van der Waals surface area contributed by atoms with Crippen LogP contribution in [0.3, 0.4) is 0 Å². The number of carbonyl (C=O) groups is 1. The lowest BCUT2D eigenvalue weighted by molar-refractivity contribution is -0.126. The van der Waals surface area contributed by atoms with Gasteiger partial charge in [-0.2, -0.15) is 0 Å². The molecule has 2 aliphatic carbocycles. The molecule has 2 rings (SSSR count). The topological polar surface area (TPSA) is 115 Å². The van der Waals surface area contributed by atoms with Crippen LogP contribution in [0.1, 0.15) is 19.3 Å². The minimum atomic E-state index is -3.51. The molecule has 4 atom stereocenters. The molecule has 0 aromatic carbocycles. The third-order valence-electron chi connectivity index (χ3n) is 3.97. The third kappa shape index (κ3) is 2.78. The fourth-order valence-electron chi connectivity index (χ4n) is 3.16. The number of primary sulfonamides is 1. The van der Waals surface area contributed by atoms with Gasteiger partial charge < -0.3 is 11.1 Å². The molecule has 2 saturated carbocycles. The van der Waals surface area contributed by atoms with Crippen LogP contribution < -0.4 is 16.2 Å². The van der Waals surface area contributed by atoms with E-state index in [-0.39, 0.29) is 30.2 Å². The molecule has 2 fully saturated rings. The van der Waals surface area contributed by atoms with Gasteiger partial charge >= 0.3 is 0 Å². The monoisotopic (exact) mass is 261 g/mol. The standard InChI is InChI=1S/C10H19N3O3S/c11-9-7-2-1-6(5-7)8(9)10(14)13-3-4-17(12,15)16/h6-9H,1-5,11H2,(H,13,14)(H2,12,15,16). The molecular weight excluding hydrogens is 242 g/mol. The van der Waals surface area contributed by atoms with Crippen molar-refractivity contribution in [3.05, 3.63) is 0 Å². The van der Waals surface area contributed by atoms with Gasteiger partial charge in [-0.15, -0.1) is 0 Å². The Kier molecular flexibility index (Phi) is 3.42. The average Bonchev–Trinajstić information content (AvgIpc) is 2.75. The summed E-state index contributed by atoms with van der Waals surface area (Å²) in [6, 6.07) is -0.0665. The van der Waals surface area contributed by atoms with Gasteiger partial charge in [0, 0.05) is 12.6 Å². The quantitative estimate of drug-likeness (QED) is 0.587. The highest BCUT2D eigenvalue weighted by Crippen LogP contribution is 2.47. The molecule has 0 radical (unpaired) electrons. The first-order valence-electron chi connectivity index (χ1n) is 5.92. The lowest BCUT2D eigenvalue weighted by Gasteiger charge is -2.26. The van der Waals surface area contributed by atoms with E-state index in [1.54, 1.807) is 0 Å². The highest BCUT2D eigenvalue weighted by atomic mass is 32.2. The van der Waals surface area contributed by atoms with Gasteiger partial charge in [-0.25, -0.2) is 13.6 Å². The van der Waals surface area contributed by atoms with Gasteiger partial charge in [0.1, 0.15) is 0 Å². The first kappa shape index (κ1) is 12.8. The van der Waals surface area contributed by atoms with E-state index >= 15 is 0 Å². The van der Waals surface area contributed by atoms with Crippen molar-refractivity contribution in [2.24, 2.45) is 28.6 Å². The maximum absolute atomic E-state index is 11.9. The number of sulfonamides is 1. The molecule has 0 aromatic rings. The first-order valence-corrected chi connectivity index (χ1v) is 7.64. The van der Waals surface area contributed by atoms with Crippen LogP contribution in [0.15, 0.2) is 0 Å². The molecule has 7 heteroatoms. The largest absolute Gasteiger partial charge is 0.355 e. The Morgan fingerprint density at radius 1 is 1.29 bits per heavy atom. The Morgan fingerprint density at radius 2 is 1.94 bits per heavy atom. The van der Waals surface area contributed by atoms with Crippen LogP contribution in [0, 0.1) is 17.8 Å². The minimum absolute atomic E-state index is 0.0665. The Balaban J connectivity index is 1.85. The summed E-state index contributed by atoms with van der Waals surface area (Å²) in [4.78, 5) is 11.9. The molecule has 0 spiro atoms. The summed E-state index contributed by atoms with van der Waals surface area (Å²) in [7, 11) is -3.51.